The normalized spacial score (nSPS) is 14.5. The number of morpholine rings is 1. The average Bonchev–Trinajstić information content (AvgIpc) is 2.79. The number of methoxy groups -OCH3 is 1. The fourth-order valence-electron chi connectivity index (χ4n) is 3.29. The second-order valence-corrected chi connectivity index (χ2v) is 9.54. The Hall–Kier alpha value is -3.15. The van der Waals surface area contributed by atoms with E-state index >= 15 is 0 Å². The first-order valence-corrected chi connectivity index (χ1v) is 11.9. The number of sulfonamides is 1. The number of benzene rings is 2. The number of para-hydroxylation sites is 1. The van der Waals surface area contributed by atoms with E-state index in [0.29, 0.717) is 18.9 Å². The van der Waals surface area contributed by atoms with Gasteiger partial charge in [-0.15, -0.1) is 0 Å². The lowest BCUT2D eigenvalue weighted by atomic mass is 10.1. The van der Waals surface area contributed by atoms with E-state index in [0.717, 1.165) is 0 Å². The predicted octanol–water partition coefficient (Wildman–Crippen LogP) is 2.50. The summed E-state index contributed by atoms with van der Waals surface area (Å²) in [5, 5.41) is 8.06. The van der Waals surface area contributed by atoms with Crippen LogP contribution in [0.15, 0.2) is 47.4 Å². The summed E-state index contributed by atoms with van der Waals surface area (Å²) in [5.74, 6) is -0.331. The third-order valence-corrected chi connectivity index (χ3v) is 6.77. The number of nitrogens with zero attached hydrogens (tertiary/aromatic N) is 1. The molecule has 2 aromatic rings. The first-order chi connectivity index (χ1) is 15.7. The molecular formula is C22H28N4O6S. The van der Waals surface area contributed by atoms with E-state index in [4.69, 9.17) is 9.47 Å². The minimum atomic E-state index is -3.85. The number of amides is 3. The molecule has 2 aromatic carbocycles. The summed E-state index contributed by atoms with van der Waals surface area (Å²) < 4.78 is 38.2. The monoisotopic (exact) mass is 476 g/mol. The van der Waals surface area contributed by atoms with Gasteiger partial charge in [0.05, 0.1) is 31.6 Å². The summed E-state index contributed by atoms with van der Waals surface area (Å²) in [6.45, 7) is 4.74. The van der Waals surface area contributed by atoms with Crippen LogP contribution in [0.2, 0.25) is 0 Å². The van der Waals surface area contributed by atoms with E-state index in [1.165, 1.54) is 23.5 Å². The summed E-state index contributed by atoms with van der Waals surface area (Å²) in [7, 11) is -2.47. The van der Waals surface area contributed by atoms with Gasteiger partial charge in [-0.3, -0.25) is 4.79 Å². The first kappa shape index (κ1) is 24.5. The number of carbonyl (C=O) groups is 2. The lowest BCUT2D eigenvalue weighted by molar-refractivity contribution is 0.0729. The molecule has 11 heteroatoms. The molecule has 0 unspecified atom stereocenters. The number of ether oxygens (including phenoxy) is 2. The van der Waals surface area contributed by atoms with Gasteiger partial charge in [0.15, 0.2) is 0 Å². The molecule has 1 saturated heterocycles. The van der Waals surface area contributed by atoms with Crippen LogP contribution in [0.1, 0.15) is 24.2 Å². The van der Waals surface area contributed by atoms with Gasteiger partial charge in [-0.05, 0) is 44.2 Å². The highest BCUT2D eigenvalue weighted by atomic mass is 32.2. The van der Waals surface area contributed by atoms with Crippen molar-refractivity contribution in [1.82, 2.24) is 9.62 Å². The molecule has 1 aliphatic rings. The van der Waals surface area contributed by atoms with E-state index in [2.05, 4.69) is 16.0 Å². The Balaban J connectivity index is 1.85. The maximum Gasteiger partial charge on any atom is 0.319 e. The molecule has 0 aromatic heterocycles. The number of anilines is 2. The third-order valence-electron chi connectivity index (χ3n) is 4.85. The zero-order valence-corrected chi connectivity index (χ0v) is 19.6. The molecule has 33 heavy (non-hydrogen) atoms. The van der Waals surface area contributed by atoms with Gasteiger partial charge in [0.25, 0.3) is 5.91 Å². The summed E-state index contributed by atoms with van der Waals surface area (Å²) in [4.78, 5) is 25.0. The minimum absolute atomic E-state index is 0.0487. The van der Waals surface area contributed by atoms with Crippen LogP contribution in [0, 0.1) is 0 Å². The second-order valence-electron chi connectivity index (χ2n) is 7.63. The first-order valence-electron chi connectivity index (χ1n) is 10.5. The Labute approximate surface area is 193 Å². The number of hydrogen-bond acceptors (Lipinski definition) is 6. The van der Waals surface area contributed by atoms with Gasteiger partial charge >= 0.3 is 6.03 Å². The second kappa shape index (κ2) is 10.6. The van der Waals surface area contributed by atoms with Gasteiger partial charge in [0.1, 0.15) is 10.6 Å². The van der Waals surface area contributed by atoms with E-state index < -0.39 is 22.0 Å². The Morgan fingerprint density at radius 3 is 2.42 bits per heavy atom. The van der Waals surface area contributed by atoms with Crippen LogP contribution in [0.5, 0.6) is 5.75 Å². The van der Waals surface area contributed by atoms with Crippen LogP contribution >= 0.6 is 0 Å². The van der Waals surface area contributed by atoms with Crippen molar-refractivity contribution in [1.29, 1.82) is 0 Å². The van der Waals surface area contributed by atoms with Crippen molar-refractivity contribution < 1.29 is 27.5 Å². The molecule has 3 amide bonds. The molecule has 3 rings (SSSR count). The zero-order valence-electron chi connectivity index (χ0n) is 18.8. The quantitative estimate of drug-likeness (QED) is 0.564. The molecule has 0 radical (unpaired) electrons. The summed E-state index contributed by atoms with van der Waals surface area (Å²) in [5.41, 5.74) is 0.821. The molecule has 178 valence electrons. The van der Waals surface area contributed by atoms with Crippen LogP contribution in [0.4, 0.5) is 16.2 Å². The highest BCUT2D eigenvalue weighted by molar-refractivity contribution is 7.89. The van der Waals surface area contributed by atoms with Crippen LogP contribution in [-0.2, 0) is 14.8 Å². The molecule has 0 aliphatic carbocycles. The fraction of sp³-hybridized carbons (Fsp3) is 0.364. The van der Waals surface area contributed by atoms with Crippen LogP contribution in [-0.4, -0.2) is 64.1 Å². The smallest absolute Gasteiger partial charge is 0.319 e. The Bertz CT molecular complexity index is 1110. The van der Waals surface area contributed by atoms with Gasteiger partial charge in [-0.2, -0.15) is 4.31 Å². The summed E-state index contributed by atoms with van der Waals surface area (Å²) >= 11 is 0. The largest absolute Gasteiger partial charge is 0.495 e. The van der Waals surface area contributed by atoms with Gasteiger partial charge in [-0.25, -0.2) is 13.2 Å². The zero-order chi connectivity index (χ0) is 24.0. The molecule has 10 nitrogen and oxygen atoms in total. The summed E-state index contributed by atoms with van der Waals surface area (Å²) in [6, 6.07) is 10.4. The lowest BCUT2D eigenvalue weighted by Crippen LogP contribution is -2.40. The van der Waals surface area contributed by atoms with Gasteiger partial charge in [0, 0.05) is 24.8 Å². The van der Waals surface area contributed by atoms with Gasteiger partial charge < -0.3 is 25.4 Å². The number of urea groups is 1. The molecule has 1 aliphatic heterocycles. The number of hydrogen-bond donors (Lipinski definition) is 3. The fourth-order valence-corrected chi connectivity index (χ4v) is 4.88. The Kier molecular flexibility index (Phi) is 7.90. The van der Waals surface area contributed by atoms with E-state index in [1.807, 2.05) is 13.8 Å². The summed E-state index contributed by atoms with van der Waals surface area (Å²) in [6.07, 6.45) is 0. The van der Waals surface area contributed by atoms with Crippen molar-refractivity contribution in [2.75, 3.05) is 44.0 Å². The maximum atomic E-state index is 13.2. The Morgan fingerprint density at radius 1 is 1.06 bits per heavy atom. The average molecular weight is 477 g/mol. The number of nitrogens with one attached hydrogen (secondary N) is 3. The molecule has 0 atom stereocenters. The molecule has 0 bridgehead atoms. The third kappa shape index (κ3) is 6.01. The van der Waals surface area contributed by atoms with E-state index in [1.54, 1.807) is 30.3 Å². The Morgan fingerprint density at radius 2 is 1.76 bits per heavy atom. The van der Waals surface area contributed by atoms with Crippen LogP contribution in [0.25, 0.3) is 0 Å². The number of carbonyl (C=O) groups excluding carboxylic acids is 2. The number of rotatable bonds is 7. The SMILES string of the molecule is COc1ccc(NC(=O)c2ccccc2NC(=O)NC(C)C)cc1S(=O)(=O)N1CCOCC1. The van der Waals surface area contributed by atoms with Crippen LogP contribution < -0.4 is 20.7 Å². The lowest BCUT2D eigenvalue weighted by Gasteiger charge is -2.26. The van der Waals surface area contributed by atoms with Crippen LogP contribution in [0.3, 0.4) is 0 Å². The van der Waals surface area contributed by atoms with Crippen molar-refractivity contribution in [2.24, 2.45) is 0 Å². The molecule has 0 spiro atoms. The molecule has 0 saturated carbocycles. The molecule has 1 heterocycles. The predicted molar refractivity (Wildman–Crippen MR) is 124 cm³/mol. The molecular weight excluding hydrogens is 448 g/mol. The van der Waals surface area contributed by atoms with Crippen molar-refractivity contribution in [2.45, 2.75) is 24.8 Å². The topological polar surface area (TPSA) is 126 Å². The highest BCUT2D eigenvalue weighted by Gasteiger charge is 2.29. The van der Waals surface area contributed by atoms with Gasteiger partial charge in [0.2, 0.25) is 10.0 Å². The van der Waals surface area contributed by atoms with Crippen molar-refractivity contribution in [3.05, 3.63) is 48.0 Å². The standard InChI is InChI=1S/C22H28N4O6S/c1-15(2)23-22(28)25-18-7-5-4-6-17(18)21(27)24-16-8-9-19(31-3)20(14-16)33(29,30)26-10-12-32-13-11-26/h4-9,14-15H,10-13H2,1-3H3,(H,24,27)(H2,23,25,28). The molecule has 1 fully saturated rings. The minimum Gasteiger partial charge on any atom is -0.495 e. The van der Waals surface area contributed by atoms with Crippen molar-refractivity contribution in [3.63, 3.8) is 0 Å². The van der Waals surface area contributed by atoms with Gasteiger partial charge in [-0.1, -0.05) is 12.1 Å². The van der Waals surface area contributed by atoms with E-state index in [-0.39, 0.29) is 41.0 Å². The van der Waals surface area contributed by atoms with E-state index in [9.17, 15) is 18.0 Å². The molecule has 3 N–H and O–H groups in total. The maximum absolute atomic E-state index is 13.2. The van der Waals surface area contributed by atoms with Crippen molar-refractivity contribution in [3.8, 4) is 5.75 Å². The van der Waals surface area contributed by atoms with Crippen molar-refractivity contribution >= 4 is 33.3 Å². The highest BCUT2D eigenvalue weighted by Crippen LogP contribution is 2.30.